The van der Waals surface area contributed by atoms with Crippen molar-refractivity contribution in [3.63, 3.8) is 0 Å². The Bertz CT molecular complexity index is 1970. The largest absolute Gasteiger partial charge is 0.492 e. The van der Waals surface area contributed by atoms with Crippen LogP contribution in [-0.4, -0.2) is 103 Å². The second kappa shape index (κ2) is 20.1. The Hall–Kier alpha value is -4.68. The van der Waals surface area contributed by atoms with Gasteiger partial charge in [-0.3, -0.25) is 9.80 Å². The van der Waals surface area contributed by atoms with Crippen LogP contribution >= 0.6 is 0 Å². The molecular formula is C48H61N3O8. The average Bonchev–Trinajstić information content (AvgIpc) is 4.08. The van der Waals surface area contributed by atoms with Crippen LogP contribution in [0.2, 0.25) is 0 Å². The molecular weight excluding hydrogens is 747 g/mol. The summed E-state index contributed by atoms with van der Waals surface area (Å²) in [5.41, 5.74) is 3.69. The van der Waals surface area contributed by atoms with Crippen molar-refractivity contribution in [2.24, 2.45) is 22.9 Å². The van der Waals surface area contributed by atoms with E-state index in [1.54, 1.807) is 24.2 Å². The first-order valence-electron chi connectivity index (χ1n) is 21.4. The van der Waals surface area contributed by atoms with Gasteiger partial charge in [0.2, 0.25) is 5.79 Å². The van der Waals surface area contributed by atoms with Gasteiger partial charge in [0.15, 0.2) is 0 Å². The fourth-order valence-electron chi connectivity index (χ4n) is 9.66. The zero-order valence-corrected chi connectivity index (χ0v) is 34.5. The first kappa shape index (κ1) is 42.4. The molecule has 0 radical (unpaired) electrons. The maximum absolute atomic E-state index is 14.7. The second-order valence-electron chi connectivity index (χ2n) is 16.1. The Kier molecular flexibility index (Phi) is 14.4. The van der Waals surface area contributed by atoms with E-state index in [-0.39, 0.29) is 57.1 Å². The molecule has 11 heteroatoms. The number of benzene rings is 3. The number of carbonyl (C=O) groups is 1. The monoisotopic (exact) mass is 807 g/mol. The summed E-state index contributed by atoms with van der Waals surface area (Å²) in [6.45, 7) is 12.4. The Morgan fingerprint density at radius 2 is 1.80 bits per heavy atom. The summed E-state index contributed by atoms with van der Waals surface area (Å²) in [6, 6.07) is 19.7. The molecule has 59 heavy (non-hydrogen) atoms. The zero-order chi connectivity index (χ0) is 41.2. The molecule has 0 spiro atoms. The summed E-state index contributed by atoms with van der Waals surface area (Å²) in [7, 11) is 1.56. The number of oxime groups is 1. The SMILES string of the molecule is C=CCCOC(=O)N(Cc1cccc2ccccc12)C1CC(=NOC)C2=CC(CCCCO)C(CCCCO)C3c4cc(OCCN5CC5)ccc4OC1(OCC=C)C23. The van der Waals surface area contributed by atoms with Gasteiger partial charge in [0.05, 0.1) is 31.4 Å². The lowest BCUT2D eigenvalue weighted by Crippen LogP contribution is -2.70. The van der Waals surface area contributed by atoms with Gasteiger partial charge in [0, 0.05) is 50.8 Å². The highest BCUT2D eigenvalue weighted by atomic mass is 16.7. The number of hydrogen-bond donors (Lipinski definition) is 2. The third-order valence-electron chi connectivity index (χ3n) is 12.4. The molecule has 2 N–H and O–H groups in total. The number of unbranched alkanes of at least 4 members (excludes halogenated alkanes) is 2. The summed E-state index contributed by atoms with van der Waals surface area (Å²) in [4.78, 5) is 24.5. The summed E-state index contributed by atoms with van der Waals surface area (Å²) >= 11 is 0. The smallest absolute Gasteiger partial charge is 0.410 e. The van der Waals surface area contributed by atoms with Crippen LogP contribution in [0.5, 0.6) is 11.5 Å². The van der Waals surface area contributed by atoms with E-state index in [9.17, 15) is 15.0 Å². The number of hydrogen-bond acceptors (Lipinski definition) is 10. The van der Waals surface area contributed by atoms with Gasteiger partial charge < -0.3 is 34.0 Å². The molecule has 3 aromatic carbocycles. The fraction of sp³-hybridized carbons (Fsp3) is 0.500. The van der Waals surface area contributed by atoms with Gasteiger partial charge >= 0.3 is 6.09 Å². The Balaban J connectivity index is 1.42. The van der Waals surface area contributed by atoms with Crippen molar-refractivity contribution in [1.29, 1.82) is 0 Å². The van der Waals surface area contributed by atoms with Gasteiger partial charge in [-0.05, 0) is 84.0 Å². The van der Waals surface area contributed by atoms with E-state index in [4.69, 9.17) is 28.9 Å². The number of aliphatic hydroxyl groups excluding tert-OH is 2. The zero-order valence-electron chi connectivity index (χ0n) is 34.5. The number of amides is 1. The number of carbonyl (C=O) groups excluding carboxylic acids is 1. The molecule has 2 aliphatic carbocycles. The van der Waals surface area contributed by atoms with Gasteiger partial charge in [-0.15, -0.1) is 13.2 Å². The molecule has 7 rings (SSSR count). The van der Waals surface area contributed by atoms with E-state index >= 15 is 0 Å². The van der Waals surface area contributed by atoms with Crippen LogP contribution in [0, 0.1) is 17.8 Å². The molecule has 2 fully saturated rings. The van der Waals surface area contributed by atoms with Crippen molar-refractivity contribution in [3.8, 4) is 11.5 Å². The molecule has 316 valence electrons. The molecule has 3 aromatic rings. The molecule has 2 heterocycles. The Labute approximate surface area is 348 Å². The Morgan fingerprint density at radius 3 is 2.56 bits per heavy atom. The van der Waals surface area contributed by atoms with E-state index in [1.165, 1.54) is 0 Å². The molecule has 0 bridgehead atoms. The van der Waals surface area contributed by atoms with Crippen molar-refractivity contribution in [3.05, 3.63) is 109 Å². The molecule has 1 saturated carbocycles. The highest BCUT2D eigenvalue weighted by Crippen LogP contribution is 2.62. The lowest BCUT2D eigenvalue weighted by molar-refractivity contribution is -0.256. The van der Waals surface area contributed by atoms with Crippen LogP contribution in [-0.2, 0) is 20.9 Å². The maximum Gasteiger partial charge on any atom is 0.410 e. The second-order valence-corrected chi connectivity index (χ2v) is 16.1. The van der Waals surface area contributed by atoms with Crippen LogP contribution < -0.4 is 9.47 Å². The first-order valence-corrected chi connectivity index (χ1v) is 21.4. The van der Waals surface area contributed by atoms with Crippen molar-refractivity contribution in [2.45, 2.75) is 75.7 Å². The van der Waals surface area contributed by atoms with Crippen molar-refractivity contribution in [2.75, 3.05) is 59.8 Å². The van der Waals surface area contributed by atoms with Gasteiger partial charge in [-0.1, -0.05) is 78.7 Å². The van der Waals surface area contributed by atoms with Crippen molar-refractivity contribution >= 4 is 22.6 Å². The highest BCUT2D eigenvalue weighted by Gasteiger charge is 2.65. The summed E-state index contributed by atoms with van der Waals surface area (Å²) in [5, 5.41) is 26.6. The van der Waals surface area contributed by atoms with E-state index < -0.39 is 23.8 Å². The third-order valence-corrected chi connectivity index (χ3v) is 12.4. The molecule has 6 unspecified atom stereocenters. The maximum atomic E-state index is 14.7. The molecule has 4 aliphatic rings. The quantitative estimate of drug-likeness (QED) is 0.0450. The molecule has 0 aromatic heterocycles. The number of aliphatic hydroxyl groups is 2. The van der Waals surface area contributed by atoms with E-state index in [0.717, 1.165) is 84.3 Å². The minimum absolute atomic E-state index is 0.102. The van der Waals surface area contributed by atoms with Gasteiger partial charge in [-0.25, -0.2) is 4.79 Å². The number of fused-ring (bicyclic) bond motifs is 3. The van der Waals surface area contributed by atoms with Crippen LogP contribution in [0.4, 0.5) is 4.79 Å². The third kappa shape index (κ3) is 9.39. The normalized spacial score (nSPS) is 25.0. The van der Waals surface area contributed by atoms with Crippen LogP contribution in [0.1, 0.15) is 68.4 Å². The number of allylic oxidation sites excluding steroid dienone is 1. The summed E-state index contributed by atoms with van der Waals surface area (Å²) in [5.74, 6) is -0.307. The van der Waals surface area contributed by atoms with Crippen LogP contribution in [0.15, 0.2) is 103 Å². The predicted octanol–water partition coefficient (Wildman–Crippen LogP) is 8.01. The average molecular weight is 808 g/mol. The minimum atomic E-state index is -1.40. The standard InChI is InChI=1S/C48H61N3O8/c1-4-6-28-57-47(54)51(33-36-17-13-16-34-14-7-8-18-38(34)36)44-32-42(49-55-3)40-30-35(15-9-11-25-52)39(19-10-12-26-53)45-41-31-37(56-29-24-50-22-23-50)20-21-43(41)59-48(44,46(40)45)58-27-5-2/h4-5,7-8,13-14,16-18,20-21,30-31,35,39,44-46,52-53H,1-2,6,9-12,15,19,22-29,32-33H2,3H3. The number of rotatable bonds is 22. The fourth-order valence-corrected chi connectivity index (χ4v) is 9.66. The lowest BCUT2D eigenvalue weighted by Gasteiger charge is -2.59. The molecule has 2 aliphatic heterocycles. The van der Waals surface area contributed by atoms with Crippen LogP contribution in [0.3, 0.4) is 0 Å². The van der Waals surface area contributed by atoms with Gasteiger partial charge in [0.25, 0.3) is 0 Å². The number of nitrogens with zero attached hydrogens (tertiary/aromatic N) is 3. The van der Waals surface area contributed by atoms with Crippen molar-refractivity contribution < 1.29 is 38.8 Å². The molecule has 11 nitrogen and oxygen atoms in total. The van der Waals surface area contributed by atoms with Gasteiger partial charge in [0.1, 0.15) is 31.3 Å². The van der Waals surface area contributed by atoms with E-state index in [1.807, 2.05) is 30.3 Å². The van der Waals surface area contributed by atoms with Crippen molar-refractivity contribution in [1.82, 2.24) is 9.80 Å². The minimum Gasteiger partial charge on any atom is -0.492 e. The Morgan fingerprint density at radius 1 is 1.00 bits per heavy atom. The topological polar surface area (TPSA) is 122 Å². The number of ether oxygens (including phenoxy) is 4. The first-order chi connectivity index (χ1) is 29.0. The summed E-state index contributed by atoms with van der Waals surface area (Å²) in [6.07, 6.45) is 10.9. The highest BCUT2D eigenvalue weighted by molar-refractivity contribution is 6.03. The molecule has 1 amide bonds. The predicted molar refractivity (Wildman–Crippen MR) is 230 cm³/mol. The molecule has 6 atom stereocenters. The van der Waals surface area contributed by atoms with Crippen LogP contribution in [0.25, 0.3) is 10.8 Å². The molecule has 1 saturated heterocycles. The lowest BCUT2D eigenvalue weighted by atomic mass is 9.55. The summed E-state index contributed by atoms with van der Waals surface area (Å²) < 4.78 is 26.9. The van der Waals surface area contributed by atoms with E-state index in [0.29, 0.717) is 31.6 Å². The van der Waals surface area contributed by atoms with E-state index in [2.05, 4.69) is 54.5 Å². The van der Waals surface area contributed by atoms with Gasteiger partial charge in [-0.2, -0.15) is 0 Å².